The molecular formula is C11H13BrO5. The van der Waals surface area contributed by atoms with Crippen LogP contribution in [-0.4, -0.2) is 27.9 Å². The molecule has 94 valence electrons. The summed E-state index contributed by atoms with van der Waals surface area (Å²) in [7, 11) is 0. The van der Waals surface area contributed by atoms with Crippen LogP contribution in [0.1, 0.15) is 26.7 Å². The van der Waals surface area contributed by atoms with Gasteiger partial charge in [-0.3, -0.25) is 14.4 Å². The number of Topliss-reactive ketones (excluding diaryl/α,β-unsaturated/α-hetero) is 1. The topological polar surface area (TPSA) is 91.7 Å². The highest BCUT2D eigenvalue weighted by atomic mass is 79.9. The zero-order valence-corrected chi connectivity index (χ0v) is 11.1. The van der Waals surface area contributed by atoms with Gasteiger partial charge in [0.05, 0.1) is 5.41 Å². The molecule has 0 heterocycles. The molecule has 0 aromatic carbocycles. The molecule has 2 unspecified atom stereocenters. The quantitative estimate of drug-likeness (QED) is 0.776. The molecule has 0 radical (unpaired) electrons. The fourth-order valence-electron chi connectivity index (χ4n) is 2.01. The maximum absolute atomic E-state index is 11.6. The fourth-order valence-corrected chi connectivity index (χ4v) is 2.77. The van der Waals surface area contributed by atoms with E-state index in [4.69, 9.17) is 5.11 Å². The molecule has 0 bridgehead atoms. The minimum absolute atomic E-state index is 0.200. The number of halogens is 1. The van der Waals surface area contributed by atoms with Crippen molar-refractivity contribution in [3.05, 3.63) is 10.6 Å². The van der Waals surface area contributed by atoms with E-state index in [-0.39, 0.29) is 17.3 Å². The van der Waals surface area contributed by atoms with E-state index >= 15 is 0 Å². The van der Waals surface area contributed by atoms with Gasteiger partial charge < -0.3 is 10.2 Å². The van der Waals surface area contributed by atoms with Gasteiger partial charge in [0.15, 0.2) is 11.2 Å². The first kappa shape index (κ1) is 13.9. The number of hydrogen-bond donors (Lipinski definition) is 2. The number of carbonyl (C=O) groups is 3. The van der Waals surface area contributed by atoms with E-state index in [1.807, 2.05) is 0 Å². The summed E-state index contributed by atoms with van der Waals surface area (Å²) in [6.45, 7) is 2.61. The molecular weight excluding hydrogens is 292 g/mol. The van der Waals surface area contributed by atoms with Crippen molar-refractivity contribution in [3.63, 3.8) is 0 Å². The van der Waals surface area contributed by atoms with Crippen molar-refractivity contribution >= 4 is 33.7 Å². The summed E-state index contributed by atoms with van der Waals surface area (Å²) < 4.78 is 0.240. The maximum Gasteiger partial charge on any atom is 0.322 e. The molecule has 5 nitrogen and oxygen atoms in total. The van der Waals surface area contributed by atoms with Crippen LogP contribution in [0, 0.1) is 10.8 Å². The largest absolute Gasteiger partial charge is 0.481 e. The van der Waals surface area contributed by atoms with Crippen molar-refractivity contribution < 1.29 is 24.6 Å². The molecule has 0 fully saturated rings. The molecule has 1 rings (SSSR count). The number of rotatable bonds is 3. The van der Waals surface area contributed by atoms with E-state index in [0.29, 0.717) is 0 Å². The lowest BCUT2D eigenvalue weighted by Gasteiger charge is -2.38. The van der Waals surface area contributed by atoms with Gasteiger partial charge in [0.1, 0.15) is 0 Å². The molecule has 0 aromatic rings. The number of allylic oxidation sites excluding steroid dienone is 1. The van der Waals surface area contributed by atoms with Gasteiger partial charge in [-0.25, -0.2) is 0 Å². The molecule has 0 saturated carbocycles. The second-order valence-corrected chi connectivity index (χ2v) is 5.42. The summed E-state index contributed by atoms with van der Waals surface area (Å²) in [5, 5.41) is 18.4. The highest BCUT2D eigenvalue weighted by molar-refractivity contribution is 9.11. The van der Waals surface area contributed by atoms with E-state index < -0.39 is 28.6 Å². The summed E-state index contributed by atoms with van der Waals surface area (Å²) >= 11 is 3.08. The van der Waals surface area contributed by atoms with Crippen molar-refractivity contribution in [1.29, 1.82) is 0 Å². The maximum atomic E-state index is 11.6. The summed E-state index contributed by atoms with van der Waals surface area (Å²) in [5.41, 5.74) is -3.01. The second kappa shape index (κ2) is 4.25. The third-order valence-electron chi connectivity index (χ3n) is 3.28. The Kier molecular flexibility index (Phi) is 3.47. The Labute approximate surface area is 107 Å². The van der Waals surface area contributed by atoms with E-state index in [1.54, 1.807) is 0 Å². The molecule has 0 spiro atoms. The zero-order chi connectivity index (χ0) is 13.4. The minimum atomic E-state index is -1.77. The van der Waals surface area contributed by atoms with Crippen LogP contribution in [0.5, 0.6) is 0 Å². The van der Waals surface area contributed by atoms with Crippen molar-refractivity contribution in [2.75, 3.05) is 0 Å². The molecule has 17 heavy (non-hydrogen) atoms. The SMILES string of the molecule is CC(=O)C1(C(=O)O)CC(C)(C(=O)O)CC=C1Br. The predicted molar refractivity (Wildman–Crippen MR) is 62.7 cm³/mol. The van der Waals surface area contributed by atoms with Crippen LogP contribution in [0.25, 0.3) is 0 Å². The van der Waals surface area contributed by atoms with Crippen molar-refractivity contribution in [1.82, 2.24) is 0 Å². The third kappa shape index (κ3) is 2.01. The lowest BCUT2D eigenvalue weighted by atomic mass is 9.64. The molecule has 1 aliphatic carbocycles. The molecule has 1 aliphatic rings. The number of hydrogen-bond acceptors (Lipinski definition) is 3. The van der Waals surface area contributed by atoms with E-state index in [1.165, 1.54) is 13.0 Å². The van der Waals surface area contributed by atoms with Gasteiger partial charge in [-0.05, 0) is 26.7 Å². The highest BCUT2D eigenvalue weighted by Gasteiger charge is 2.55. The number of carbonyl (C=O) groups excluding carboxylic acids is 1. The van der Waals surface area contributed by atoms with Crippen molar-refractivity contribution in [3.8, 4) is 0 Å². The first-order valence-corrected chi connectivity index (χ1v) is 5.80. The molecule has 0 amide bonds. The Morgan fingerprint density at radius 1 is 1.29 bits per heavy atom. The number of ketones is 1. The van der Waals surface area contributed by atoms with Crippen LogP contribution in [0.2, 0.25) is 0 Å². The average Bonchev–Trinajstić information content (AvgIpc) is 2.20. The Hall–Kier alpha value is -1.17. The van der Waals surface area contributed by atoms with Crippen LogP contribution in [0.4, 0.5) is 0 Å². The van der Waals surface area contributed by atoms with Crippen LogP contribution < -0.4 is 0 Å². The summed E-state index contributed by atoms with van der Waals surface area (Å²) in [5.74, 6) is -2.98. The van der Waals surface area contributed by atoms with Gasteiger partial charge in [0, 0.05) is 4.48 Å². The van der Waals surface area contributed by atoms with Gasteiger partial charge in [-0.15, -0.1) is 0 Å². The molecule has 6 heteroatoms. The summed E-state index contributed by atoms with van der Waals surface area (Å²) in [6.07, 6.45) is 1.43. The third-order valence-corrected chi connectivity index (χ3v) is 4.28. The van der Waals surface area contributed by atoms with Crippen LogP contribution in [0.15, 0.2) is 10.6 Å². The first-order valence-electron chi connectivity index (χ1n) is 5.01. The molecule has 2 atom stereocenters. The lowest BCUT2D eigenvalue weighted by molar-refractivity contribution is -0.158. The Morgan fingerprint density at radius 2 is 1.82 bits per heavy atom. The number of carboxylic acids is 2. The lowest BCUT2D eigenvalue weighted by Crippen LogP contribution is -2.47. The van der Waals surface area contributed by atoms with Gasteiger partial charge >= 0.3 is 11.9 Å². The summed E-state index contributed by atoms with van der Waals surface area (Å²) in [6, 6.07) is 0. The Balaban J connectivity index is 3.37. The number of aliphatic carboxylic acids is 2. The second-order valence-electron chi connectivity index (χ2n) is 4.57. The molecule has 0 aliphatic heterocycles. The highest BCUT2D eigenvalue weighted by Crippen LogP contribution is 2.49. The number of carboxylic acid groups (broad SMARTS) is 2. The van der Waals surface area contributed by atoms with Crippen LogP contribution >= 0.6 is 15.9 Å². The van der Waals surface area contributed by atoms with Crippen LogP contribution in [0.3, 0.4) is 0 Å². The molecule has 0 aromatic heterocycles. The normalized spacial score (nSPS) is 32.8. The van der Waals surface area contributed by atoms with Gasteiger partial charge in [0.2, 0.25) is 0 Å². The predicted octanol–water partition coefficient (Wildman–Crippen LogP) is 1.81. The first-order chi connectivity index (χ1) is 7.67. The van der Waals surface area contributed by atoms with Gasteiger partial charge in [-0.1, -0.05) is 22.0 Å². The fraction of sp³-hybridized carbons (Fsp3) is 0.545. The monoisotopic (exact) mass is 304 g/mol. The van der Waals surface area contributed by atoms with Crippen molar-refractivity contribution in [2.24, 2.45) is 10.8 Å². The van der Waals surface area contributed by atoms with E-state index in [2.05, 4.69) is 15.9 Å². The van der Waals surface area contributed by atoms with E-state index in [0.717, 1.165) is 6.92 Å². The molecule has 2 N–H and O–H groups in total. The Bertz CT molecular complexity index is 412. The Morgan fingerprint density at radius 3 is 2.18 bits per heavy atom. The zero-order valence-electron chi connectivity index (χ0n) is 9.49. The van der Waals surface area contributed by atoms with E-state index in [9.17, 15) is 19.5 Å². The standard InChI is InChI=1S/C11H13BrO5/c1-6(13)11(9(16)17)5-10(2,8(14)15)4-3-7(11)12/h3H,4-5H2,1-2H3,(H,14,15)(H,16,17). The van der Waals surface area contributed by atoms with Gasteiger partial charge in [0.25, 0.3) is 0 Å². The van der Waals surface area contributed by atoms with Crippen molar-refractivity contribution in [2.45, 2.75) is 26.7 Å². The van der Waals surface area contributed by atoms with Crippen LogP contribution in [-0.2, 0) is 14.4 Å². The smallest absolute Gasteiger partial charge is 0.322 e. The summed E-state index contributed by atoms with van der Waals surface area (Å²) in [4.78, 5) is 34.2. The average molecular weight is 305 g/mol. The molecule has 0 saturated heterocycles. The minimum Gasteiger partial charge on any atom is -0.481 e. The van der Waals surface area contributed by atoms with Gasteiger partial charge in [-0.2, -0.15) is 0 Å².